The van der Waals surface area contributed by atoms with Crippen LogP contribution >= 0.6 is 0 Å². The Hall–Kier alpha value is -3.07. The van der Waals surface area contributed by atoms with E-state index in [1.807, 2.05) is 6.07 Å². The molecule has 0 amide bonds. The lowest BCUT2D eigenvalue weighted by Gasteiger charge is -2.48. The molecule has 2 aliphatic rings. The fraction of sp³-hybridized carbons (Fsp3) is 0.421. The van der Waals surface area contributed by atoms with Gasteiger partial charge in [0, 0.05) is 70.9 Å². The number of aromatic nitrogens is 5. The monoisotopic (exact) mass is 378 g/mol. The van der Waals surface area contributed by atoms with Gasteiger partial charge in [0.2, 0.25) is 11.9 Å². The van der Waals surface area contributed by atoms with Crippen molar-refractivity contribution < 1.29 is 0 Å². The summed E-state index contributed by atoms with van der Waals surface area (Å²) in [6.45, 7) is 5.61. The minimum Gasteiger partial charge on any atom is -0.339 e. The molecule has 28 heavy (non-hydrogen) atoms. The molecule has 0 unspecified atom stereocenters. The van der Waals surface area contributed by atoms with Crippen LogP contribution in [-0.2, 0) is 7.05 Å². The number of hydrogen-bond donors (Lipinski definition) is 0. The van der Waals surface area contributed by atoms with Crippen molar-refractivity contribution in [2.24, 2.45) is 7.05 Å². The molecule has 5 rings (SSSR count). The summed E-state index contributed by atoms with van der Waals surface area (Å²) in [4.78, 5) is 37.0. The molecule has 0 atom stereocenters. The van der Waals surface area contributed by atoms with Crippen molar-refractivity contribution in [1.82, 2.24) is 29.4 Å². The second-order valence-corrected chi connectivity index (χ2v) is 7.30. The topological polar surface area (TPSA) is 83.3 Å². The summed E-state index contributed by atoms with van der Waals surface area (Å²) in [5.74, 6) is 1.53. The third kappa shape index (κ3) is 2.88. The van der Waals surface area contributed by atoms with Crippen molar-refractivity contribution in [2.45, 2.75) is 6.04 Å². The molecule has 2 saturated heterocycles. The van der Waals surface area contributed by atoms with Crippen LogP contribution in [0.2, 0.25) is 0 Å². The number of pyridine rings is 1. The van der Waals surface area contributed by atoms with E-state index in [9.17, 15) is 4.79 Å². The molecule has 0 spiro atoms. The highest BCUT2D eigenvalue weighted by atomic mass is 16.1. The molecular weight excluding hydrogens is 356 g/mol. The molecule has 3 aromatic rings. The van der Waals surface area contributed by atoms with E-state index in [0.717, 1.165) is 51.2 Å². The molecule has 0 radical (unpaired) electrons. The van der Waals surface area contributed by atoms with Crippen LogP contribution < -0.4 is 15.4 Å². The minimum atomic E-state index is -0.0256. The van der Waals surface area contributed by atoms with Gasteiger partial charge in [-0.1, -0.05) is 0 Å². The van der Waals surface area contributed by atoms with Gasteiger partial charge in [-0.15, -0.1) is 0 Å². The molecule has 0 bridgehead atoms. The first kappa shape index (κ1) is 17.1. The Morgan fingerprint density at radius 3 is 2.50 bits per heavy atom. The summed E-state index contributed by atoms with van der Waals surface area (Å²) in [5, 5.41) is 0.609. The molecule has 5 heterocycles. The number of anilines is 2. The van der Waals surface area contributed by atoms with Crippen LogP contribution in [0.5, 0.6) is 0 Å². The Kier molecular flexibility index (Phi) is 4.16. The largest absolute Gasteiger partial charge is 0.339 e. The fourth-order valence-corrected chi connectivity index (χ4v) is 3.98. The van der Waals surface area contributed by atoms with Crippen LogP contribution in [0.25, 0.3) is 10.9 Å². The molecule has 0 aliphatic carbocycles. The Balaban J connectivity index is 1.24. The van der Waals surface area contributed by atoms with Crippen LogP contribution in [0.4, 0.5) is 11.9 Å². The standard InChI is InChI=1S/C19H22N8O/c1-24-17(28)15-3-6-20-11-16(15)23-19(24)27-12-14(13-27)25-7-9-26(10-8-25)18-21-4-2-5-22-18/h2-6,11,14H,7-10,12-13H2,1H3. The summed E-state index contributed by atoms with van der Waals surface area (Å²) in [6, 6.07) is 4.05. The van der Waals surface area contributed by atoms with Gasteiger partial charge in [-0.05, 0) is 12.1 Å². The van der Waals surface area contributed by atoms with Gasteiger partial charge in [-0.25, -0.2) is 15.0 Å². The van der Waals surface area contributed by atoms with Gasteiger partial charge in [0.25, 0.3) is 5.56 Å². The van der Waals surface area contributed by atoms with Gasteiger partial charge in [0.15, 0.2) is 0 Å². The van der Waals surface area contributed by atoms with E-state index in [2.05, 4.69) is 34.6 Å². The zero-order chi connectivity index (χ0) is 19.1. The lowest BCUT2D eigenvalue weighted by atomic mass is 10.1. The van der Waals surface area contributed by atoms with Gasteiger partial charge in [0.05, 0.1) is 17.1 Å². The zero-order valence-electron chi connectivity index (χ0n) is 15.8. The number of rotatable bonds is 3. The Labute approximate surface area is 162 Å². The van der Waals surface area contributed by atoms with Crippen molar-refractivity contribution in [1.29, 1.82) is 0 Å². The summed E-state index contributed by atoms with van der Waals surface area (Å²) in [6.07, 6.45) is 6.86. The molecular formula is C19H22N8O. The maximum atomic E-state index is 12.6. The predicted molar refractivity (Wildman–Crippen MR) is 107 cm³/mol. The van der Waals surface area contributed by atoms with Gasteiger partial charge in [-0.3, -0.25) is 19.2 Å². The number of nitrogens with zero attached hydrogens (tertiary/aromatic N) is 8. The van der Waals surface area contributed by atoms with Gasteiger partial charge in [0.1, 0.15) is 0 Å². The fourth-order valence-electron chi connectivity index (χ4n) is 3.98. The molecule has 9 nitrogen and oxygen atoms in total. The predicted octanol–water partition coefficient (Wildman–Crippen LogP) is 0.129. The number of piperazine rings is 1. The van der Waals surface area contributed by atoms with E-state index < -0.39 is 0 Å². The van der Waals surface area contributed by atoms with Crippen LogP contribution in [0.15, 0.2) is 41.7 Å². The van der Waals surface area contributed by atoms with Crippen LogP contribution in [-0.4, -0.2) is 74.7 Å². The van der Waals surface area contributed by atoms with E-state index in [0.29, 0.717) is 16.9 Å². The normalized spacial score (nSPS) is 18.5. The second kappa shape index (κ2) is 6.83. The Morgan fingerprint density at radius 1 is 1.00 bits per heavy atom. The maximum Gasteiger partial charge on any atom is 0.262 e. The van der Waals surface area contributed by atoms with Crippen LogP contribution in [0, 0.1) is 0 Å². The molecule has 3 aromatic heterocycles. The Morgan fingerprint density at radius 2 is 1.75 bits per heavy atom. The van der Waals surface area contributed by atoms with Gasteiger partial charge >= 0.3 is 0 Å². The quantitative estimate of drug-likeness (QED) is 0.636. The lowest BCUT2D eigenvalue weighted by Crippen LogP contribution is -2.64. The van der Waals surface area contributed by atoms with Crippen LogP contribution in [0.3, 0.4) is 0 Å². The molecule has 0 N–H and O–H groups in total. The third-order valence-corrected chi connectivity index (χ3v) is 5.67. The molecule has 0 aromatic carbocycles. The highest BCUT2D eigenvalue weighted by Gasteiger charge is 2.35. The first-order valence-corrected chi connectivity index (χ1v) is 9.52. The lowest BCUT2D eigenvalue weighted by molar-refractivity contribution is 0.155. The summed E-state index contributed by atoms with van der Waals surface area (Å²) >= 11 is 0. The van der Waals surface area contributed by atoms with Crippen molar-refractivity contribution in [3.63, 3.8) is 0 Å². The Bertz CT molecular complexity index is 1040. The smallest absolute Gasteiger partial charge is 0.262 e. The molecule has 2 fully saturated rings. The summed E-state index contributed by atoms with van der Waals surface area (Å²) < 4.78 is 1.64. The van der Waals surface area contributed by atoms with Crippen LogP contribution in [0.1, 0.15) is 0 Å². The first-order valence-electron chi connectivity index (χ1n) is 9.52. The highest BCUT2D eigenvalue weighted by molar-refractivity contribution is 5.77. The van der Waals surface area contributed by atoms with Gasteiger partial charge in [-0.2, -0.15) is 0 Å². The number of fused-ring (bicyclic) bond motifs is 1. The van der Waals surface area contributed by atoms with E-state index >= 15 is 0 Å². The third-order valence-electron chi connectivity index (χ3n) is 5.67. The highest BCUT2D eigenvalue weighted by Crippen LogP contribution is 2.23. The first-order chi connectivity index (χ1) is 13.7. The average Bonchev–Trinajstić information content (AvgIpc) is 2.72. The maximum absolute atomic E-state index is 12.6. The molecule has 144 valence electrons. The number of hydrogen-bond acceptors (Lipinski definition) is 8. The summed E-state index contributed by atoms with van der Waals surface area (Å²) in [5.41, 5.74) is 0.628. The van der Waals surface area contributed by atoms with E-state index in [1.165, 1.54) is 0 Å². The van der Waals surface area contributed by atoms with Crippen molar-refractivity contribution in [3.05, 3.63) is 47.3 Å². The molecule has 2 aliphatic heterocycles. The SMILES string of the molecule is Cn1c(N2CC(N3CCN(c4ncccn4)CC3)C2)nc2cnccc2c1=O. The van der Waals surface area contributed by atoms with Crippen molar-refractivity contribution >= 4 is 22.8 Å². The second-order valence-electron chi connectivity index (χ2n) is 7.30. The van der Waals surface area contributed by atoms with E-state index in [1.54, 1.807) is 42.5 Å². The minimum absolute atomic E-state index is 0.0256. The molecule has 0 saturated carbocycles. The van der Waals surface area contributed by atoms with E-state index in [-0.39, 0.29) is 5.56 Å². The average molecular weight is 378 g/mol. The molecule has 9 heteroatoms. The zero-order valence-corrected chi connectivity index (χ0v) is 15.8. The van der Waals surface area contributed by atoms with E-state index in [4.69, 9.17) is 0 Å². The summed E-state index contributed by atoms with van der Waals surface area (Å²) in [7, 11) is 1.79. The van der Waals surface area contributed by atoms with Crippen molar-refractivity contribution in [2.75, 3.05) is 49.1 Å². The van der Waals surface area contributed by atoms with Crippen molar-refractivity contribution in [3.8, 4) is 0 Å². The van der Waals surface area contributed by atoms with Gasteiger partial charge < -0.3 is 9.80 Å².